The lowest BCUT2D eigenvalue weighted by Crippen LogP contribution is -2.46. The topological polar surface area (TPSA) is 83.2 Å². The van der Waals surface area contributed by atoms with E-state index in [2.05, 4.69) is 20.4 Å². The van der Waals surface area contributed by atoms with Gasteiger partial charge in [0.25, 0.3) is 0 Å². The van der Waals surface area contributed by atoms with Gasteiger partial charge in [-0.2, -0.15) is 8.78 Å². The van der Waals surface area contributed by atoms with Gasteiger partial charge in [0.1, 0.15) is 11.8 Å². The number of aromatic amines is 1. The number of benzene rings is 2. The molecular weight excluding hydrogens is 392 g/mol. The van der Waals surface area contributed by atoms with Crippen molar-refractivity contribution < 1.29 is 23.1 Å². The predicted octanol–water partition coefficient (Wildman–Crippen LogP) is 4.09. The minimum absolute atomic E-state index is 0.0674. The third kappa shape index (κ3) is 5.34. The molecule has 8 heteroatoms. The Morgan fingerprint density at radius 1 is 1.07 bits per heavy atom. The lowest BCUT2D eigenvalue weighted by molar-refractivity contribution is -0.128. The van der Waals surface area contributed by atoms with Crippen LogP contribution in [0, 0.1) is 5.92 Å². The number of hydrogen-bond acceptors (Lipinski definition) is 3. The first kappa shape index (κ1) is 21.3. The molecule has 1 atom stereocenters. The van der Waals surface area contributed by atoms with E-state index < -0.39 is 18.6 Å². The molecule has 0 aliphatic rings. The molecule has 0 bridgehead atoms. The number of fused-ring (bicyclic) bond motifs is 1. The van der Waals surface area contributed by atoms with Crippen molar-refractivity contribution in [3.63, 3.8) is 0 Å². The average molecular weight is 415 g/mol. The van der Waals surface area contributed by atoms with Gasteiger partial charge in [-0.1, -0.05) is 38.1 Å². The Balaban J connectivity index is 1.81. The number of nitrogens with one attached hydrogen (secondary N) is 3. The Labute approximate surface area is 172 Å². The summed E-state index contributed by atoms with van der Waals surface area (Å²) in [6.07, 6.45) is 2.07. The standard InChI is InChI=1S/C22H23F2N3O3/c1-13(2)20(28)27-19(10-14-12-25-18-9-4-3-8-17(14)18)21(29)26-15-6-5-7-16(11-15)30-22(23)24/h3-9,11-13,19,22,25H,10H2,1-2H3,(H,26,29)(H,27,28). The van der Waals surface area contributed by atoms with Crippen molar-refractivity contribution in [1.29, 1.82) is 0 Å². The van der Waals surface area contributed by atoms with Gasteiger partial charge in [0.2, 0.25) is 11.8 Å². The fourth-order valence-electron chi connectivity index (χ4n) is 3.05. The maximum atomic E-state index is 12.9. The van der Waals surface area contributed by atoms with Gasteiger partial charge in [0.05, 0.1) is 0 Å². The van der Waals surface area contributed by atoms with Crippen LogP contribution in [0.5, 0.6) is 5.75 Å². The number of alkyl halides is 2. The van der Waals surface area contributed by atoms with Crippen molar-refractivity contribution in [3.05, 3.63) is 60.3 Å². The fraction of sp³-hybridized carbons (Fsp3) is 0.273. The van der Waals surface area contributed by atoms with E-state index in [0.717, 1.165) is 16.5 Å². The summed E-state index contributed by atoms with van der Waals surface area (Å²) in [5.41, 5.74) is 2.10. The van der Waals surface area contributed by atoms with Crippen LogP contribution >= 0.6 is 0 Å². The van der Waals surface area contributed by atoms with Gasteiger partial charge in [-0.3, -0.25) is 9.59 Å². The maximum absolute atomic E-state index is 12.9. The van der Waals surface area contributed by atoms with Crippen LogP contribution < -0.4 is 15.4 Å². The normalized spacial score (nSPS) is 12.2. The zero-order chi connectivity index (χ0) is 21.7. The molecule has 0 aliphatic heterocycles. The number of aromatic nitrogens is 1. The summed E-state index contributed by atoms with van der Waals surface area (Å²) < 4.78 is 29.3. The summed E-state index contributed by atoms with van der Waals surface area (Å²) in [5.74, 6) is -1.08. The minimum Gasteiger partial charge on any atom is -0.435 e. The number of carbonyl (C=O) groups is 2. The van der Waals surface area contributed by atoms with Crippen LogP contribution in [0.4, 0.5) is 14.5 Å². The quantitative estimate of drug-likeness (QED) is 0.518. The van der Waals surface area contributed by atoms with Crippen LogP contribution in [0.1, 0.15) is 19.4 Å². The summed E-state index contributed by atoms with van der Waals surface area (Å²) in [6, 6.07) is 12.5. The Bertz CT molecular complexity index is 1030. The number of ether oxygens (including phenoxy) is 1. The average Bonchev–Trinajstić information content (AvgIpc) is 3.10. The predicted molar refractivity (Wildman–Crippen MR) is 110 cm³/mol. The molecule has 0 radical (unpaired) electrons. The molecule has 1 aromatic heterocycles. The van der Waals surface area contributed by atoms with Gasteiger partial charge in [-0.05, 0) is 23.8 Å². The van der Waals surface area contributed by atoms with Crippen molar-refractivity contribution in [2.24, 2.45) is 5.92 Å². The van der Waals surface area contributed by atoms with Crippen LogP contribution in [0.25, 0.3) is 10.9 Å². The summed E-state index contributed by atoms with van der Waals surface area (Å²) >= 11 is 0. The van der Waals surface area contributed by atoms with E-state index in [9.17, 15) is 18.4 Å². The molecule has 3 aromatic rings. The van der Waals surface area contributed by atoms with E-state index in [1.54, 1.807) is 19.9 Å². The van der Waals surface area contributed by atoms with Crippen molar-refractivity contribution in [2.45, 2.75) is 32.9 Å². The van der Waals surface area contributed by atoms with Gasteiger partial charge in [0, 0.05) is 41.2 Å². The number of amides is 2. The molecule has 2 amide bonds. The number of hydrogen-bond donors (Lipinski definition) is 3. The van der Waals surface area contributed by atoms with Gasteiger partial charge in [-0.25, -0.2) is 0 Å². The Morgan fingerprint density at radius 3 is 2.57 bits per heavy atom. The largest absolute Gasteiger partial charge is 0.435 e. The Hall–Kier alpha value is -3.42. The Kier molecular flexibility index (Phi) is 6.66. The third-order valence-corrected chi connectivity index (χ3v) is 4.58. The lowest BCUT2D eigenvalue weighted by Gasteiger charge is -2.20. The first-order chi connectivity index (χ1) is 14.3. The van der Waals surface area contributed by atoms with Crippen molar-refractivity contribution in [1.82, 2.24) is 10.3 Å². The van der Waals surface area contributed by atoms with E-state index in [1.165, 1.54) is 18.2 Å². The molecule has 0 spiro atoms. The van der Waals surface area contributed by atoms with Crippen molar-refractivity contribution in [3.8, 4) is 5.75 Å². The summed E-state index contributed by atoms with van der Waals surface area (Å²) in [6.45, 7) is 0.512. The van der Waals surface area contributed by atoms with Gasteiger partial charge < -0.3 is 20.4 Å². The Morgan fingerprint density at radius 2 is 1.83 bits per heavy atom. The molecule has 2 aromatic carbocycles. The minimum atomic E-state index is -2.96. The first-order valence-corrected chi connectivity index (χ1v) is 9.54. The van der Waals surface area contributed by atoms with E-state index in [1.807, 2.05) is 30.5 Å². The zero-order valence-corrected chi connectivity index (χ0v) is 16.6. The summed E-state index contributed by atoms with van der Waals surface area (Å²) in [7, 11) is 0. The molecule has 3 N–H and O–H groups in total. The smallest absolute Gasteiger partial charge is 0.387 e. The molecule has 0 saturated heterocycles. The number of anilines is 1. The number of para-hydroxylation sites is 1. The SMILES string of the molecule is CC(C)C(=O)NC(Cc1c[nH]c2ccccc12)C(=O)Nc1cccc(OC(F)F)c1. The van der Waals surface area contributed by atoms with Crippen molar-refractivity contribution in [2.75, 3.05) is 5.32 Å². The van der Waals surface area contributed by atoms with Crippen LogP contribution in [-0.2, 0) is 16.0 Å². The molecule has 1 unspecified atom stereocenters. The third-order valence-electron chi connectivity index (χ3n) is 4.58. The molecular formula is C22H23F2N3O3. The highest BCUT2D eigenvalue weighted by molar-refractivity contribution is 5.98. The van der Waals surface area contributed by atoms with Crippen LogP contribution in [0.15, 0.2) is 54.7 Å². The molecule has 6 nitrogen and oxygen atoms in total. The van der Waals surface area contributed by atoms with Crippen molar-refractivity contribution >= 4 is 28.4 Å². The molecule has 0 aliphatic carbocycles. The molecule has 30 heavy (non-hydrogen) atoms. The van der Waals surface area contributed by atoms with Gasteiger partial charge in [0.15, 0.2) is 0 Å². The lowest BCUT2D eigenvalue weighted by atomic mass is 10.0. The maximum Gasteiger partial charge on any atom is 0.387 e. The number of rotatable bonds is 8. The van der Waals surface area contributed by atoms with Crippen LogP contribution in [0.3, 0.4) is 0 Å². The summed E-state index contributed by atoms with van der Waals surface area (Å²) in [5, 5.41) is 6.40. The highest BCUT2D eigenvalue weighted by atomic mass is 19.3. The molecule has 3 rings (SSSR count). The molecule has 158 valence electrons. The van der Waals surface area contributed by atoms with E-state index in [4.69, 9.17) is 0 Å². The second kappa shape index (κ2) is 9.39. The molecule has 0 saturated carbocycles. The van der Waals surface area contributed by atoms with Gasteiger partial charge >= 0.3 is 6.61 Å². The zero-order valence-electron chi connectivity index (χ0n) is 16.6. The van der Waals surface area contributed by atoms with Crippen LogP contribution in [0.2, 0.25) is 0 Å². The fourth-order valence-corrected chi connectivity index (χ4v) is 3.05. The number of halogens is 2. The second-order valence-electron chi connectivity index (χ2n) is 7.18. The van der Waals surface area contributed by atoms with Crippen LogP contribution in [-0.4, -0.2) is 29.5 Å². The number of H-pyrrole nitrogens is 1. The van der Waals surface area contributed by atoms with Gasteiger partial charge in [-0.15, -0.1) is 0 Å². The molecule has 0 fully saturated rings. The van der Waals surface area contributed by atoms with E-state index in [0.29, 0.717) is 5.69 Å². The van der Waals surface area contributed by atoms with E-state index in [-0.39, 0.29) is 24.0 Å². The molecule has 1 heterocycles. The number of carbonyl (C=O) groups excluding carboxylic acids is 2. The van der Waals surface area contributed by atoms with E-state index >= 15 is 0 Å². The highest BCUT2D eigenvalue weighted by Crippen LogP contribution is 2.22. The first-order valence-electron chi connectivity index (χ1n) is 9.54. The monoisotopic (exact) mass is 415 g/mol. The highest BCUT2D eigenvalue weighted by Gasteiger charge is 2.24. The second-order valence-corrected chi connectivity index (χ2v) is 7.18. The summed E-state index contributed by atoms with van der Waals surface area (Å²) in [4.78, 5) is 28.4.